The lowest BCUT2D eigenvalue weighted by Gasteiger charge is -2.20. The number of ether oxygens (including phenoxy) is 3. The van der Waals surface area contributed by atoms with Crippen LogP contribution in [0.15, 0.2) is 24.3 Å². The topological polar surface area (TPSA) is 65.1 Å². The van der Waals surface area contributed by atoms with E-state index in [9.17, 15) is 9.59 Å². The third-order valence-electron chi connectivity index (χ3n) is 5.03. The van der Waals surface area contributed by atoms with Gasteiger partial charge >= 0.3 is 11.9 Å². The van der Waals surface area contributed by atoms with Crippen LogP contribution in [0.1, 0.15) is 46.5 Å². The zero-order chi connectivity index (χ0) is 17.3. The van der Waals surface area contributed by atoms with Gasteiger partial charge in [-0.1, -0.05) is 6.92 Å². The van der Waals surface area contributed by atoms with Crippen LogP contribution in [0, 0.1) is 11.3 Å². The first kappa shape index (κ1) is 17.0. The van der Waals surface area contributed by atoms with E-state index in [4.69, 9.17) is 14.2 Å². The molecule has 0 spiro atoms. The first-order chi connectivity index (χ1) is 11.4. The predicted octanol–water partition coefficient (Wildman–Crippen LogP) is 3.50. The van der Waals surface area contributed by atoms with E-state index in [1.54, 1.807) is 24.3 Å². The van der Waals surface area contributed by atoms with Gasteiger partial charge in [0.2, 0.25) is 0 Å². The number of benzene rings is 1. The number of hydrogen-bond donors (Lipinski definition) is 0. The summed E-state index contributed by atoms with van der Waals surface area (Å²) >= 11 is 0. The van der Waals surface area contributed by atoms with E-state index in [1.165, 1.54) is 0 Å². The van der Waals surface area contributed by atoms with Gasteiger partial charge in [0.15, 0.2) is 0 Å². The number of epoxide rings is 1. The number of hydrogen-bond acceptors (Lipinski definition) is 5. The highest BCUT2D eigenvalue weighted by Crippen LogP contribution is 2.40. The van der Waals surface area contributed by atoms with E-state index in [1.807, 2.05) is 20.8 Å². The van der Waals surface area contributed by atoms with Crippen LogP contribution in [0.2, 0.25) is 0 Å². The van der Waals surface area contributed by atoms with Crippen molar-refractivity contribution in [2.75, 3.05) is 0 Å². The predicted molar refractivity (Wildman–Crippen MR) is 87.8 cm³/mol. The third-order valence-corrected chi connectivity index (χ3v) is 5.03. The molecule has 0 amide bonds. The van der Waals surface area contributed by atoms with Crippen molar-refractivity contribution in [2.24, 2.45) is 11.3 Å². The van der Waals surface area contributed by atoms with E-state index in [2.05, 4.69) is 0 Å². The summed E-state index contributed by atoms with van der Waals surface area (Å²) in [6, 6.07) is 6.59. The molecule has 3 unspecified atom stereocenters. The Morgan fingerprint density at radius 3 is 2.29 bits per heavy atom. The van der Waals surface area contributed by atoms with Crippen molar-refractivity contribution in [2.45, 2.75) is 58.7 Å². The second-order valence-corrected chi connectivity index (χ2v) is 7.24. The van der Waals surface area contributed by atoms with Crippen LogP contribution in [-0.4, -0.2) is 24.1 Å². The van der Waals surface area contributed by atoms with Crippen molar-refractivity contribution >= 4 is 11.9 Å². The molecule has 5 nitrogen and oxygen atoms in total. The molecule has 1 heterocycles. The minimum atomic E-state index is -0.519. The van der Waals surface area contributed by atoms with Gasteiger partial charge in [-0.25, -0.2) is 0 Å². The van der Waals surface area contributed by atoms with Crippen molar-refractivity contribution < 1.29 is 23.8 Å². The van der Waals surface area contributed by atoms with E-state index < -0.39 is 5.41 Å². The SMILES string of the molecule is CCC(C)(C)C(=O)Oc1ccc(OC(=O)C2CCC3OC3C2)cc1. The van der Waals surface area contributed by atoms with Crippen molar-refractivity contribution in [1.82, 2.24) is 0 Å². The Morgan fingerprint density at radius 1 is 1.08 bits per heavy atom. The van der Waals surface area contributed by atoms with Crippen LogP contribution in [0.25, 0.3) is 0 Å². The summed E-state index contributed by atoms with van der Waals surface area (Å²) in [5, 5.41) is 0. The van der Waals surface area contributed by atoms with Crippen molar-refractivity contribution in [3.63, 3.8) is 0 Å². The van der Waals surface area contributed by atoms with Crippen molar-refractivity contribution in [3.8, 4) is 11.5 Å². The van der Waals surface area contributed by atoms with Gasteiger partial charge in [-0.05, 0) is 63.8 Å². The number of carbonyl (C=O) groups excluding carboxylic acids is 2. The van der Waals surface area contributed by atoms with Gasteiger partial charge in [-0.2, -0.15) is 0 Å². The van der Waals surface area contributed by atoms with E-state index in [0.29, 0.717) is 24.0 Å². The smallest absolute Gasteiger partial charge is 0.316 e. The third kappa shape index (κ3) is 3.78. The zero-order valence-electron chi connectivity index (χ0n) is 14.4. The average Bonchev–Trinajstić information content (AvgIpc) is 3.35. The Balaban J connectivity index is 1.54. The molecule has 2 fully saturated rings. The largest absolute Gasteiger partial charge is 0.426 e. The lowest BCUT2D eigenvalue weighted by Crippen LogP contribution is -2.28. The normalized spacial score (nSPS) is 25.5. The monoisotopic (exact) mass is 332 g/mol. The van der Waals surface area contributed by atoms with Gasteiger partial charge in [0.1, 0.15) is 11.5 Å². The quantitative estimate of drug-likeness (QED) is 0.469. The molecule has 3 atom stereocenters. The van der Waals surface area contributed by atoms with Gasteiger partial charge < -0.3 is 14.2 Å². The standard InChI is InChI=1S/C19H24O5/c1-4-19(2,3)18(21)23-14-8-6-13(7-9-14)22-17(20)12-5-10-15-16(11-12)24-15/h6-9,12,15-16H,4-5,10-11H2,1-3H3. The first-order valence-electron chi connectivity index (χ1n) is 8.58. The molecule has 1 saturated heterocycles. The molecule has 24 heavy (non-hydrogen) atoms. The van der Waals surface area contributed by atoms with Crippen LogP contribution >= 0.6 is 0 Å². The molecule has 1 aromatic carbocycles. The van der Waals surface area contributed by atoms with Crippen molar-refractivity contribution in [3.05, 3.63) is 24.3 Å². The summed E-state index contributed by atoms with van der Waals surface area (Å²) in [5.74, 6) is 0.356. The number of rotatable bonds is 5. The summed E-state index contributed by atoms with van der Waals surface area (Å²) in [6.45, 7) is 5.65. The summed E-state index contributed by atoms with van der Waals surface area (Å²) < 4.78 is 16.2. The molecule has 2 aliphatic rings. The maximum Gasteiger partial charge on any atom is 0.316 e. The Bertz CT molecular complexity index is 619. The highest BCUT2D eigenvalue weighted by molar-refractivity contribution is 5.78. The molecule has 3 rings (SSSR count). The van der Waals surface area contributed by atoms with Gasteiger partial charge in [0, 0.05) is 0 Å². The second-order valence-electron chi connectivity index (χ2n) is 7.24. The van der Waals surface area contributed by atoms with Crippen molar-refractivity contribution in [1.29, 1.82) is 0 Å². The summed E-state index contributed by atoms with van der Waals surface area (Å²) in [7, 11) is 0. The number of esters is 2. The lowest BCUT2D eigenvalue weighted by molar-refractivity contribution is -0.144. The minimum Gasteiger partial charge on any atom is -0.426 e. The van der Waals surface area contributed by atoms with E-state index in [0.717, 1.165) is 19.3 Å². The van der Waals surface area contributed by atoms with Gasteiger partial charge in [-0.3, -0.25) is 9.59 Å². The molecular weight excluding hydrogens is 308 g/mol. The van der Waals surface area contributed by atoms with Crippen LogP contribution < -0.4 is 9.47 Å². The molecule has 1 aliphatic heterocycles. The fourth-order valence-electron chi connectivity index (χ4n) is 2.78. The Morgan fingerprint density at radius 2 is 1.71 bits per heavy atom. The zero-order valence-corrected chi connectivity index (χ0v) is 14.4. The summed E-state index contributed by atoms with van der Waals surface area (Å²) in [5.41, 5.74) is -0.519. The van der Waals surface area contributed by atoms with Crippen LogP contribution in [0.5, 0.6) is 11.5 Å². The molecule has 1 saturated carbocycles. The van der Waals surface area contributed by atoms with Crippen LogP contribution in [0.3, 0.4) is 0 Å². The molecule has 1 aliphatic carbocycles. The molecule has 130 valence electrons. The number of fused-ring (bicyclic) bond motifs is 1. The number of carbonyl (C=O) groups is 2. The average molecular weight is 332 g/mol. The fourth-order valence-corrected chi connectivity index (χ4v) is 2.78. The van der Waals surface area contributed by atoms with E-state index >= 15 is 0 Å². The summed E-state index contributed by atoms with van der Waals surface area (Å²) in [6.07, 6.45) is 3.84. The first-order valence-corrected chi connectivity index (χ1v) is 8.58. The molecule has 0 radical (unpaired) electrons. The molecule has 0 aromatic heterocycles. The highest BCUT2D eigenvalue weighted by atomic mass is 16.6. The van der Waals surface area contributed by atoms with Crippen LogP contribution in [0.4, 0.5) is 0 Å². The Labute approximate surface area is 142 Å². The Kier molecular flexibility index (Phi) is 4.63. The minimum absolute atomic E-state index is 0.0865. The molecule has 5 heteroatoms. The Hall–Kier alpha value is -1.88. The molecule has 0 N–H and O–H groups in total. The lowest BCUT2D eigenvalue weighted by atomic mass is 9.89. The molecule has 0 bridgehead atoms. The summed E-state index contributed by atoms with van der Waals surface area (Å²) in [4.78, 5) is 24.3. The maximum absolute atomic E-state index is 12.2. The van der Waals surface area contributed by atoms with Crippen LogP contribution in [-0.2, 0) is 14.3 Å². The second kappa shape index (κ2) is 6.55. The highest BCUT2D eigenvalue weighted by Gasteiger charge is 2.46. The molecular formula is C19H24O5. The van der Waals surface area contributed by atoms with Gasteiger partial charge in [-0.15, -0.1) is 0 Å². The van der Waals surface area contributed by atoms with Gasteiger partial charge in [0.05, 0.1) is 23.5 Å². The fraction of sp³-hybridized carbons (Fsp3) is 0.579. The van der Waals surface area contributed by atoms with Gasteiger partial charge in [0.25, 0.3) is 0 Å². The maximum atomic E-state index is 12.2. The molecule has 1 aromatic rings. The van der Waals surface area contributed by atoms with E-state index in [-0.39, 0.29) is 24.0 Å².